The van der Waals surface area contributed by atoms with E-state index in [-0.39, 0.29) is 0 Å². The van der Waals surface area contributed by atoms with E-state index < -0.39 is 0 Å². The van der Waals surface area contributed by atoms with Crippen molar-refractivity contribution in [3.05, 3.63) is 35.4 Å². The maximum Gasteiger partial charge on any atom is 0.0719 e. The lowest BCUT2D eigenvalue weighted by Crippen LogP contribution is -1.98. The van der Waals surface area contributed by atoms with Gasteiger partial charge in [0.2, 0.25) is 0 Å². The summed E-state index contributed by atoms with van der Waals surface area (Å²) in [7, 11) is 0. The summed E-state index contributed by atoms with van der Waals surface area (Å²) in [5.74, 6) is 0.580. The molecule has 0 unspecified atom stereocenters. The highest BCUT2D eigenvalue weighted by atomic mass is 16.5. The first-order chi connectivity index (χ1) is 6.25. The fourth-order valence-electron chi connectivity index (χ4n) is 1.44. The molecule has 0 heterocycles. The molecule has 0 amide bonds. The summed E-state index contributed by atoms with van der Waals surface area (Å²) in [5, 5.41) is 0. The van der Waals surface area contributed by atoms with Crippen molar-refractivity contribution < 1.29 is 4.74 Å². The van der Waals surface area contributed by atoms with Crippen LogP contribution in [0.1, 0.15) is 37.8 Å². The molecule has 0 aliphatic rings. The molecule has 1 heteroatoms. The van der Waals surface area contributed by atoms with Crippen LogP contribution in [0, 0.1) is 0 Å². The van der Waals surface area contributed by atoms with Crippen LogP contribution in [0.5, 0.6) is 0 Å². The zero-order chi connectivity index (χ0) is 9.68. The number of ether oxygens (including phenoxy) is 1. The van der Waals surface area contributed by atoms with Gasteiger partial charge in [0.1, 0.15) is 0 Å². The van der Waals surface area contributed by atoms with E-state index in [0.29, 0.717) is 5.92 Å². The van der Waals surface area contributed by atoms with Crippen molar-refractivity contribution in [3.63, 3.8) is 0 Å². The zero-order valence-electron chi connectivity index (χ0n) is 8.71. The Bertz CT molecular complexity index is 253. The minimum Gasteiger partial charge on any atom is -0.377 e. The van der Waals surface area contributed by atoms with Crippen molar-refractivity contribution >= 4 is 0 Å². The monoisotopic (exact) mass is 178 g/mol. The summed E-state index contributed by atoms with van der Waals surface area (Å²) < 4.78 is 5.41. The molecule has 0 saturated carbocycles. The Kier molecular flexibility index (Phi) is 3.97. The topological polar surface area (TPSA) is 9.23 Å². The zero-order valence-corrected chi connectivity index (χ0v) is 8.71. The number of benzene rings is 1. The summed E-state index contributed by atoms with van der Waals surface area (Å²) in [4.78, 5) is 0. The van der Waals surface area contributed by atoms with Crippen LogP contribution in [0.25, 0.3) is 0 Å². The van der Waals surface area contributed by atoms with Gasteiger partial charge in [-0.15, -0.1) is 0 Å². The lowest BCUT2D eigenvalue weighted by Gasteiger charge is -2.11. The maximum absolute atomic E-state index is 5.41. The molecular formula is C12H18O. The van der Waals surface area contributed by atoms with Crippen LogP contribution < -0.4 is 0 Å². The smallest absolute Gasteiger partial charge is 0.0719 e. The predicted molar refractivity (Wildman–Crippen MR) is 55.9 cm³/mol. The molecule has 0 fully saturated rings. The third-order valence-corrected chi connectivity index (χ3v) is 2.14. The Labute approximate surface area is 80.7 Å². The van der Waals surface area contributed by atoms with Gasteiger partial charge >= 0.3 is 0 Å². The van der Waals surface area contributed by atoms with Crippen molar-refractivity contribution in [3.8, 4) is 0 Å². The van der Waals surface area contributed by atoms with Crippen molar-refractivity contribution in [2.75, 3.05) is 6.61 Å². The second kappa shape index (κ2) is 5.03. The standard InChI is InChI=1S/C12H18O/c1-4-13-9-11-7-5-6-8-12(11)10(2)3/h5-8,10H,4,9H2,1-3H3. The average Bonchev–Trinajstić information content (AvgIpc) is 2.15. The minimum absolute atomic E-state index is 0.580. The van der Waals surface area contributed by atoms with E-state index in [0.717, 1.165) is 13.2 Å². The van der Waals surface area contributed by atoms with Crippen LogP contribution in [0.15, 0.2) is 24.3 Å². The molecule has 1 aromatic carbocycles. The maximum atomic E-state index is 5.41. The van der Waals surface area contributed by atoms with E-state index in [4.69, 9.17) is 4.74 Å². The SMILES string of the molecule is CCOCc1ccccc1C(C)C. The first-order valence-corrected chi connectivity index (χ1v) is 4.91. The molecule has 0 atom stereocenters. The van der Waals surface area contributed by atoms with E-state index in [9.17, 15) is 0 Å². The van der Waals surface area contributed by atoms with Crippen LogP contribution in [0.2, 0.25) is 0 Å². The minimum atomic E-state index is 0.580. The van der Waals surface area contributed by atoms with Crippen molar-refractivity contribution in [2.24, 2.45) is 0 Å². The van der Waals surface area contributed by atoms with Gasteiger partial charge in [0, 0.05) is 6.61 Å². The molecule has 0 aromatic heterocycles. The van der Waals surface area contributed by atoms with Crippen LogP contribution in [-0.2, 0) is 11.3 Å². The van der Waals surface area contributed by atoms with E-state index in [2.05, 4.69) is 38.1 Å². The van der Waals surface area contributed by atoms with Gasteiger partial charge < -0.3 is 4.74 Å². The summed E-state index contributed by atoms with van der Waals surface area (Å²) >= 11 is 0. The summed E-state index contributed by atoms with van der Waals surface area (Å²) in [6, 6.07) is 8.48. The Morgan fingerprint density at radius 1 is 1.23 bits per heavy atom. The van der Waals surface area contributed by atoms with Gasteiger partial charge in [-0.1, -0.05) is 38.1 Å². The van der Waals surface area contributed by atoms with E-state index in [1.165, 1.54) is 11.1 Å². The second-order valence-corrected chi connectivity index (χ2v) is 3.49. The number of hydrogen-bond donors (Lipinski definition) is 0. The molecule has 0 radical (unpaired) electrons. The van der Waals surface area contributed by atoms with E-state index in [1.807, 2.05) is 6.92 Å². The molecule has 72 valence electrons. The molecule has 0 spiro atoms. The van der Waals surface area contributed by atoms with Crippen LogP contribution in [0.4, 0.5) is 0 Å². The molecule has 1 aromatic rings. The van der Waals surface area contributed by atoms with Gasteiger partial charge in [0.05, 0.1) is 6.61 Å². The average molecular weight is 178 g/mol. The molecule has 0 aliphatic heterocycles. The van der Waals surface area contributed by atoms with Crippen molar-refractivity contribution in [1.29, 1.82) is 0 Å². The molecule has 0 N–H and O–H groups in total. The van der Waals surface area contributed by atoms with Crippen molar-refractivity contribution in [2.45, 2.75) is 33.3 Å². The van der Waals surface area contributed by atoms with Crippen LogP contribution in [0.3, 0.4) is 0 Å². The molecule has 0 bridgehead atoms. The summed E-state index contributed by atoms with van der Waals surface area (Å²) in [6.07, 6.45) is 0. The van der Waals surface area contributed by atoms with Gasteiger partial charge in [0.15, 0.2) is 0 Å². The van der Waals surface area contributed by atoms with Crippen LogP contribution in [-0.4, -0.2) is 6.61 Å². The Hall–Kier alpha value is -0.820. The molecule has 1 rings (SSSR count). The normalized spacial score (nSPS) is 10.8. The molecular weight excluding hydrogens is 160 g/mol. The fourth-order valence-corrected chi connectivity index (χ4v) is 1.44. The van der Waals surface area contributed by atoms with E-state index >= 15 is 0 Å². The molecule has 13 heavy (non-hydrogen) atoms. The van der Waals surface area contributed by atoms with Gasteiger partial charge in [-0.3, -0.25) is 0 Å². The highest BCUT2D eigenvalue weighted by molar-refractivity contribution is 5.28. The lowest BCUT2D eigenvalue weighted by molar-refractivity contribution is 0.133. The van der Waals surface area contributed by atoms with Gasteiger partial charge in [-0.05, 0) is 24.0 Å². The van der Waals surface area contributed by atoms with Crippen molar-refractivity contribution in [1.82, 2.24) is 0 Å². The van der Waals surface area contributed by atoms with Gasteiger partial charge in [-0.2, -0.15) is 0 Å². The van der Waals surface area contributed by atoms with Crippen LogP contribution >= 0.6 is 0 Å². The highest BCUT2D eigenvalue weighted by Crippen LogP contribution is 2.19. The molecule has 0 saturated heterocycles. The third kappa shape index (κ3) is 2.85. The fraction of sp³-hybridized carbons (Fsp3) is 0.500. The molecule has 1 nitrogen and oxygen atoms in total. The van der Waals surface area contributed by atoms with E-state index in [1.54, 1.807) is 0 Å². The second-order valence-electron chi connectivity index (χ2n) is 3.49. The third-order valence-electron chi connectivity index (χ3n) is 2.14. The van der Waals surface area contributed by atoms with Gasteiger partial charge in [0.25, 0.3) is 0 Å². The van der Waals surface area contributed by atoms with Gasteiger partial charge in [-0.25, -0.2) is 0 Å². The number of hydrogen-bond acceptors (Lipinski definition) is 1. The Balaban J connectivity index is 2.78. The summed E-state index contributed by atoms with van der Waals surface area (Å²) in [5.41, 5.74) is 2.72. The highest BCUT2D eigenvalue weighted by Gasteiger charge is 2.04. The Morgan fingerprint density at radius 3 is 2.54 bits per heavy atom. The summed E-state index contributed by atoms with van der Waals surface area (Å²) in [6.45, 7) is 7.98. The predicted octanol–water partition coefficient (Wildman–Crippen LogP) is 3.35. The Morgan fingerprint density at radius 2 is 1.92 bits per heavy atom. The quantitative estimate of drug-likeness (QED) is 0.687. The first-order valence-electron chi connectivity index (χ1n) is 4.91. The number of rotatable bonds is 4. The molecule has 0 aliphatic carbocycles. The first kappa shape index (κ1) is 10.3. The largest absolute Gasteiger partial charge is 0.377 e. The lowest BCUT2D eigenvalue weighted by atomic mass is 9.98.